The Balaban J connectivity index is 2.06. The fourth-order valence-electron chi connectivity index (χ4n) is 1.73. The van der Waals surface area contributed by atoms with Gasteiger partial charge in [0.05, 0.1) is 21.6 Å². The van der Waals surface area contributed by atoms with E-state index in [1.54, 1.807) is 0 Å². The molecule has 20 heavy (non-hydrogen) atoms. The zero-order chi connectivity index (χ0) is 14.5. The van der Waals surface area contributed by atoms with Gasteiger partial charge < -0.3 is 4.90 Å². The average molecular weight is 290 g/mol. The lowest BCUT2D eigenvalue weighted by molar-refractivity contribution is -0.384. The zero-order valence-electron chi connectivity index (χ0n) is 10.9. The van der Waals surface area contributed by atoms with E-state index in [-0.39, 0.29) is 5.69 Å². The van der Waals surface area contributed by atoms with Gasteiger partial charge in [0.2, 0.25) is 0 Å². The molecule has 6 heteroatoms. The van der Waals surface area contributed by atoms with Gasteiger partial charge in [-0.25, -0.2) is 0 Å². The number of hydrogen-bond donors (Lipinski definition) is 0. The summed E-state index contributed by atoms with van der Waals surface area (Å²) in [6, 6.07) is 15.4. The van der Waals surface area contributed by atoms with Gasteiger partial charge in [0.25, 0.3) is 5.69 Å². The van der Waals surface area contributed by atoms with Crippen molar-refractivity contribution in [2.24, 2.45) is 0 Å². The first-order valence-electron chi connectivity index (χ1n) is 5.97. The third kappa shape index (κ3) is 3.42. The van der Waals surface area contributed by atoms with E-state index < -0.39 is 15.7 Å². The highest BCUT2D eigenvalue weighted by Crippen LogP contribution is 2.17. The fourth-order valence-corrected chi connectivity index (χ4v) is 2.82. The molecule has 2 rings (SSSR count). The molecular formula is C14H14N2O3S. The Labute approximate surface area is 119 Å². The Kier molecular flexibility index (Phi) is 4.47. The molecular weight excluding hydrogens is 276 g/mol. The lowest BCUT2D eigenvalue weighted by Gasteiger charge is -2.18. The van der Waals surface area contributed by atoms with E-state index in [0.29, 0.717) is 10.8 Å². The second-order valence-electron chi connectivity index (χ2n) is 4.26. The summed E-state index contributed by atoms with van der Waals surface area (Å²) in [6.07, 6.45) is 0. The minimum atomic E-state index is -1.23. The van der Waals surface area contributed by atoms with Gasteiger partial charge in [-0.15, -0.1) is 0 Å². The molecule has 0 aliphatic carbocycles. The lowest BCUT2D eigenvalue weighted by Crippen LogP contribution is -2.22. The number of para-hydroxylation sites is 1. The van der Waals surface area contributed by atoms with Gasteiger partial charge in [0.15, 0.2) is 0 Å². The van der Waals surface area contributed by atoms with Crippen LogP contribution in [0.5, 0.6) is 0 Å². The molecule has 2 aromatic carbocycles. The van der Waals surface area contributed by atoms with Crippen molar-refractivity contribution in [2.45, 2.75) is 4.90 Å². The quantitative estimate of drug-likeness (QED) is 0.627. The summed E-state index contributed by atoms with van der Waals surface area (Å²) in [7, 11) is 0.628. The molecule has 5 nitrogen and oxygen atoms in total. The van der Waals surface area contributed by atoms with E-state index in [1.807, 2.05) is 42.3 Å². The number of benzene rings is 2. The second kappa shape index (κ2) is 6.29. The number of nitro benzene ring substituents is 1. The van der Waals surface area contributed by atoms with E-state index in [1.165, 1.54) is 24.3 Å². The van der Waals surface area contributed by atoms with E-state index in [2.05, 4.69) is 0 Å². The standard InChI is InChI=1S/C14H14N2O3S/c1-15(12-5-3-2-4-6-12)11-20(19)14-9-7-13(8-10-14)16(17)18/h2-10H,11H2,1H3. The molecule has 0 radical (unpaired) electrons. The molecule has 1 unspecified atom stereocenters. The number of anilines is 1. The van der Waals surface area contributed by atoms with Crippen LogP contribution in [0, 0.1) is 10.1 Å². The molecule has 0 fully saturated rings. The Morgan fingerprint density at radius 2 is 1.70 bits per heavy atom. The van der Waals surface area contributed by atoms with E-state index in [9.17, 15) is 14.3 Å². The maximum atomic E-state index is 12.2. The van der Waals surface area contributed by atoms with E-state index >= 15 is 0 Å². The molecule has 0 N–H and O–H groups in total. The van der Waals surface area contributed by atoms with Crippen LogP contribution >= 0.6 is 0 Å². The normalized spacial score (nSPS) is 11.8. The SMILES string of the molecule is CN(CS(=O)c1ccc([N+](=O)[O-])cc1)c1ccccc1. The van der Waals surface area contributed by atoms with Crippen LogP contribution in [0.3, 0.4) is 0 Å². The molecule has 0 saturated carbocycles. The van der Waals surface area contributed by atoms with Crippen LogP contribution in [0.2, 0.25) is 0 Å². The summed E-state index contributed by atoms with van der Waals surface area (Å²) in [6.45, 7) is 0. The van der Waals surface area contributed by atoms with Crippen molar-refractivity contribution in [1.82, 2.24) is 0 Å². The molecule has 0 bridgehead atoms. The van der Waals surface area contributed by atoms with Crippen molar-refractivity contribution in [2.75, 3.05) is 17.8 Å². The highest BCUT2D eigenvalue weighted by Gasteiger charge is 2.10. The average Bonchev–Trinajstić information content (AvgIpc) is 2.48. The topological polar surface area (TPSA) is 63.5 Å². The lowest BCUT2D eigenvalue weighted by atomic mass is 10.3. The highest BCUT2D eigenvalue weighted by molar-refractivity contribution is 7.85. The van der Waals surface area contributed by atoms with E-state index in [4.69, 9.17) is 0 Å². The van der Waals surface area contributed by atoms with Gasteiger partial charge in [-0.2, -0.15) is 0 Å². The Bertz CT molecular complexity index is 614. The minimum absolute atomic E-state index is 0.00200. The van der Waals surface area contributed by atoms with Gasteiger partial charge in [0, 0.05) is 29.8 Å². The molecule has 0 heterocycles. The van der Waals surface area contributed by atoms with Crippen molar-refractivity contribution in [3.63, 3.8) is 0 Å². The number of hydrogen-bond acceptors (Lipinski definition) is 4. The zero-order valence-corrected chi connectivity index (χ0v) is 11.7. The summed E-state index contributed by atoms with van der Waals surface area (Å²) in [5.41, 5.74) is 0.977. The largest absolute Gasteiger partial charge is 0.362 e. The van der Waals surface area contributed by atoms with Crippen LogP contribution in [0.1, 0.15) is 0 Å². The Hall–Kier alpha value is -2.21. The maximum absolute atomic E-state index is 12.2. The van der Waals surface area contributed by atoms with Gasteiger partial charge in [-0.3, -0.25) is 14.3 Å². The molecule has 2 aromatic rings. The Morgan fingerprint density at radius 3 is 2.25 bits per heavy atom. The van der Waals surface area contributed by atoms with Gasteiger partial charge in [-0.05, 0) is 24.3 Å². The molecule has 0 amide bonds. The monoisotopic (exact) mass is 290 g/mol. The van der Waals surface area contributed by atoms with Crippen LogP contribution < -0.4 is 4.90 Å². The predicted molar refractivity (Wildman–Crippen MR) is 79.2 cm³/mol. The Morgan fingerprint density at radius 1 is 1.10 bits per heavy atom. The van der Waals surface area contributed by atoms with Gasteiger partial charge >= 0.3 is 0 Å². The predicted octanol–water partition coefficient (Wildman–Crippen LogP) is 2.80. The number of rotatable bonds is 5. The molecule has 104 valence electrons. The highest BCUT2D eigenvalue weighted by atomic mass is 32.2. The molecule has 0 aliphatic heterocycles. The second-order valence-corrected chi connectivity index (χ2v) is 5.68. The van der Waals surface area contributed by atoms with Crippen molar-refractivity contribution >= 4 is 22.2 Å². The van der Waals surface area contributed by atoms with Crippen LogP contribution in [-0.2, 0) is 10.8 Å². The first kappa shape index (κ1) is 14.2. The first-order chi connectivity index (χ1) is 9.58. The summed E-state index contributed by atoms with van der Waals surface area (Å²) in [5, 5.41) is 10.6. The molecule has 0 saturated heterocycles. The van der Waals surface area contributed by atoms with Crippen molar-refractivity contribution in [3.05, 3.63) is 64.7 Å². The third-order valence-electron chi connectivity index (χ3n) is 2.82. The summed E-state index contributed by atoms with van der Waals surface area (Å²) < 4.78 is 12.2. The third-order valence-corrected chi connectivity index (χ3v) is 4.24. The summed E-state index contributed by atoms with van der Waals surface area (Å²) in [4.78, 5) is 12.6. The van der Waals surface area contributed by atoms with Crippen molar-refractivity contribution in [1.29, 1.82) is 0 Å². The molecule has 0 spiro atoms. The molecule has 0 aromatic heterocycles. The van der Waals surface area contributed by atoms with Crippen molar-refractivity contribution in [3.8, 4) is 0 Å². The molecule has 1 atom stereocenters. The van der Waals surface area contributed by atoms with Crippen molar-refractivity contribution < 1.29 is 9.13 Å². The first-order valence-corrected chi connectivity index (χ1v) is 7.29. The van der Waals surface area contributed by atoms with Gasteiger partial charge in [0.1, 0.15) is 0 Å². The van der Waals surface area contributed by atoms with Crippen LogP contribution in [0.15, 0.2) is 59.5 Å². The number of nitrogens with zero attached hydrogens (tertiary/aromatic N) is 2. The smallest absolute Gasteiger partial charge is 0.269 e. The fraction of sp³-hybridized carbons (Fsp3) is 0.143. The van der Waals surface area contributed by atoms with Crippen LogP contribution in [0.4, 0.5) is 11.4 Å². The summed E-state index contributed by atoms with van der Waals surface area (Å²) >= 11 is 0. The molecule has 0 aliphatic rings. The number of nitro groups is 1. The van der Waals surface area contributed by atoms with Crippen LogP contribution in [0.25, 0.3) is 0 Å². The summed E-state index contributed by atoms with van der Waals surface area (Å²) in [5.74, 6) is 0.335. The van der Waals surface area contributed by atoms with Crippen LogP contribution in [-0.4, -0.2) is 22.1 Å². The number of non-ortho nitro benzene ring substituents is 1. The minimum Gasteiger partial charge on any atom is -0.362 e. The maximum Gasteiger partial charge on any atom is 0.269 e. The van der Waals surface area contributed by atoms with E-state index in [0.717, 1.165) is 5.69 Å². The van der Waals surface area contributed by atoms with Gasteiger partial charge in [-0.1, -0.05) is 18.2 Å².